The standard InChI is InChI=1S/C14H8N3O/c18-17-14-10(8-16-17)5-6-12-13(14)11-4-2-1-3-9(11)7-15-12/h1-8H/q-1. The molecule has 4 nitrogen and oxygen atoms in total. The van der Waals surface area contributed by atoms with Crippen LogP contribution in [0.4, 0.5) is 0 Å². The summed E-state index contributed by atoms with van der Waals surface area (Å²) in [5.41, 5.74) is 1.41. The topological polar surface area (TPSA) is 53.8 Å². The molecule has 0 radical (unpaired) electrons. The lowest BCUT2D eigenvalue weighted by Gasteiger charge is -2.10. The molecule has 18 heavy (non-hydrogen) atoms. The average Bonchev–Trinajstić information content (AvgIpc) is 2.80. The molecular weight excluding hydrogens is 226 g/mol. The Morgan fingerprint density at radius 2 is 1.83 bits per heavy atom. The van der Waals surface area contributed by atoms with Crippen LogP contribution in [0, 0.1) is 5.21 Å². The third kappa shape index (κ3) is 1.09. The van der Waals surface area contributed by atoms with Crippen molar-refractivity contribution in [2.45, 2.75) is 0 Å². The van der Waals surface area contributed by atoms with Gasteiger partial charge in [-0.25, -0.2) is 0 Å². The molecule has 0 saturated heterocycles. The molecule has 0 atom stereocenters. The zero-order chi connectivity index (χ0) is 12.1. The van der Waals surface area contributed by atoms with E-state index in [1.54, 1.807) is 6.20 Å². The Balaban J connectivity index is 2.41. The van der Waals surface area contributed by atoms with Gasteiger partial charge in [0.1, 0.15) is 0 Å². The Labute approximate surface area is 102 Å². The van der Waals surface area contributed by atoms with Crippen LogP contribution in [0.25, 0.3) is 32.6 Å². The highest BCUT2D eigenvalue weighted by atomic mass is 16.5. The van der Waals surface area contributed by atoms with E-state index in [1.165, 1.54) is 0 Å². The van der Waals surface area contributed by atoms with Crippen molar-refractivity contribution < 1.29 is 0 Å². The molecule has 0 bridgehead atoms. The van der Waals surface area contributed by atoms with Gasteiger partial charge in [0.15, 0.2) is 0 Å². The lowest BCUT2D eigenvalue weighted by Crippen LogP contribution is -1.90. The Kier molecular flexibility index (Phi) is 1.67. The Bertz CT molecular complexity index is 895. The highest BCUT2D eigenvalue weighted by molar-refractivity contribution is 6.17. The van der Waals surface area contributed by atoms with Crippen LogP contribution < -0.4 is 0 Å². The van der Waals surface area contributed by atoms with Gasteiger partial charge in [-0.05, 0) is 17.5 Å². The number of aromatic nitrogens is 3. The summed E-state index contributed by atoms with van der Waals surface area (Å²) in [5, 5.41) is 19.4. The van der Waals surface area contributed by atoms with Crippen molar-refractivity contribution in [3.63, 3.8) is 0 Å². The van der Waals surface area contributed by atoms with Crippen LogP contribution in [0.3, 0.4) is 0 Å². The molecular formula is C14H8N3O-. The second-order valence-corrected chi connectivity index (χ2v) is 4.26. The highest BCUT2D eigenvalue weighted by Gasteiger charge is 2.08. The van der Waals surface area contributed by atoms with Gasteiger partial charge in [-0.2, -0.15) is 5.10 Å². The zero-order valence-electron chi connectivity index (χ0n) is 9.37. The van der Waals surface area contributed by atoms with Gasteiger partial charge in [0.05, 0.1) is 17.2 Å². The van der Waals surface area contributed by atoms with E-state index in [-0.39, 0.29) is 0 Å². The van der Waals surface area contributed by atoms with Gasteiger partial charge in [-0.15, -0.1) is 0 Å². The molecule has 0 aliphatic carbocycles. The van der Waals surface area contributed by atoms with Gasteiger partial charge in [0.2, 0.25) is 0 Å². The van der Waals surface area contributed by atoms with E-state index in [1.807, 2.05) is 42.6 Å². The molecule has 0 aliphatic rings. The van der Waals surface area contributed by atoms with Gasteiger partial charge in [-0.1, -0.05) is 24.3 Å². The molecule has 4 rings (SSSR count). The van der Waals surface area contributed by atoms with Gasteiger partial charge >= 0.3 is 0 Å². The summed E-state index contributed by atoms with van der Waals surface area (Å²) in [6.07, 6.45) is 3.42. The first kappa shape index (κ1) is 9.41. The molecule has 2 heterocycles. The summed E-state index contributed by atoms with van der Waals surface area (Å²) in [6.45, 7) is 0. The van der Waals surface area contributed by atoms with Crippen LogP contribution in [0.1, 0.15) is 0 Å². The minimum Gasteiger partial charge on any atom is -0.790 e. The molecule has 0 fully saturated rings. The second kappa shape index (κ2) is 3.20. The molecule has 0 unspecified atom stereocenters. The van der Waals surface area contributed by atoms with Gasteiger partial charge in [0.25, 0.3) is 0 Å². The normalized spacial score (nSPS) is 11.6. The monoisotopic (exact) mass is 234 g/mol. The summed E-state index contributed by atoms with van der Waals surface area (Å²) in [4.78, 5) is 5.07. The van der Waals surface area contributed by atoms with E-state index in [0.29, 0.717) is 10.4 Å². The number of pyridine rings is 1. The first-order valence-corrected chi connectivity index (χ1v) is 5.66. The van der Waals surface area contributed by atoms with Gasteiger partial charge in [-0.3, -0.25) is 9.83 Å². The number of nitrogens with zero attached hydrogens (tertiary/aromatic N) is 3. The lowest BCUT2D eigenvalue weighted by atomic mass is 10.0. The Morgan fingerprint density at radius 3 is 2.78 bits per heavy atom. The first-order chi connectivity index (χ1) is 8.84. The van der Waals surface area contributed by atoms with E-state index < -0.39 is 0 Å². The lowest BCUT2D eigenvalue weighted by molar-refractivity contribution is 0.922. The Hall–Kier alpha value is -2.62. The Morgan fingerprint density at radius 1 is 0.944 bits per heavy atom. The van der Waals surface area contributed by atoms with Crippen LogP contribution in [-0.4, -0.2) is 14.9 Å². The van der Waals surface area contributed by atoms with Gasteiger partial charge < -0.3 is 5.21 Å². The number of fused-ring (bicyclic) bond motifs is 5. The summed E-state index contributed by atoms with van der Waals surface area (Å²) in [6, 6.07) is 11.7. The van der Waals surface area contributed by atoms with E-state index in [2.05, 4.69) is 10.1 Å². The largest absolute Gasteiger partial charge is 0.790 e. The SMILES string of the molecule is [O-]n1ncc2ccc3ncc4ccccc4c3c21. The third-order valence-corrected chi connectivity index (χ3v) is 3.25. The van der Waals surface area contributed by atoms with Crippen molar-refractivity contribution in [3.8, 4) is 0 Å². The quantitative estimate of drug-likeness (QED) is 0.439. The van der Waals surface area contributed by atoms with E-state index >= 15 is 0 Å². The van der Waals surface area contributed by atoms with Crippen molar-refractivity contribution in [2.24, 2.45) is 0 Å². The van der Waals surface area contributed by atoms with Crippen molar-refractivity contribution in [1.82, 2.24) is 14.9 Å². The van der Waals surface area contributed by atoms with Crippen molar-refractivity contribution in [1.29, 1.82) is 0 Å². The van der Waals surface area contributed by atoms with E-state index in [4.69, 9.17) is 0 Å². The molecule has 86 valence electrons. The first-order valence-electron chi connectivity index (χ1n) is 5.66. The molecule has 0 N–H and O–H groups in total. The fourth-order valence-corrected chi connectivity index (χ4v) is 2.43. The minimum absolute atomic E-state index is 0.594. The summed E-state index contributed by atoms with van der Waals surface area (Å²) in [5.74, 6) is 0. The molecule has 2 aromatic heterocycles. The molecule has 4 aromatic rings. The highest BCUT2D eigenvalue weighted by Crippen LogP contribution is 2.30. The third-order valence-electron chi connectivity index (χ3n) is 3.25. The molecule has 0 spiro atoms. The molecule has 0 amide bonds. The molecule has 2 aromatic carbocycles. The zero-order valence-corrected chi connectivity index (χ0v) is 9.37. The van der Waals surface area contributed by atoms with Crippen molar-refractivity contribution in [2.75, 3.05) is 0 Å². The van der Waals surface area contributed by atoms with Crippen LogP contribution >= 0.6 is 0 Å². The predicted octanol–water partition coefficient (Wildman–Crippen LogP) is 3.08. The van der Waals surface area contributed by atoms with Crippen LogP contribution in [0.5, 0.6) is 0 Å². The molecule has 4 heteroatoms. The maximum Gasteiger partial charge on any atom is 0.0731 e. The smallest absolute Gasteiger partial charge is 0.0731 e. The molecule has 0 aliphatic heterocycles. The van der Waals surface area contributed by atoms with Crippen molar-refractivity contribution >= 4 is 32.6 Å². The average molecular weight is 234 g/mol. The second-order valence-electron chi connectivity index (χ2n) is 4.26. The number of benzene rings is 2. The summed E-state index contributed by atoms with van der Waals surface area (Å²) in [7, 11) is 0. The van der Waals surface area contributed by atoms with Crippen LogP contribution in [0.2, 0.25) is 0 Å². The number of hydrogen-bond acceptors (Lipinski definition) is 3. The maximum atomic E-state index is 11.8. The van der Waals surface area contributed by atoms with Gasteiger partial charge in [0, 0.05) is 22.4 Å². The fourth-order valence-electron chi connectivity index (χ4n) is 2.43. The molecule has 0 saturated carbocycles. The maximum absolute atomic E-state index is 11.8. The van der Waals surface area contributed by atoms with Crippen LogP contribution in [-0.2, 0) is 0 Å². The fraction of sp³-hybridized carbons (Fsp3) is 0. The van der Waals surface area contributed by atoms with Crippen LogP contribution in [0.15, 0.2) is 48.8 Å². The van der Waals surface area contributed by atoms with E-state index in [9.17, 15) is 5.21 Å². The minimum atomic E-state index is 0.594. The summed E-state index contributed by atoms with van der Waals surface area (Å²) < 4.78 is 0. The van der Waals surface area contributed by atoms with Crippen molar-refractivity contribution in [3.05, 3.63) is 54.0 Å². The predicted molar refractivity (Wildman–Crippen MR) is 71.3 cm³/mol. The van der Waals surface area contributed by atoms with E-state index in [0.717, 1.165) is 27.1 Å². The summed E-state index contributed by atoms with van der Waals surface area (Å²) >= 11 is 0. The number of rotatable bonds is 0. The number of hydrogen-bond donors (Lipinski definition) is 0.